The molecule has 1 heterocycles. The molecule has 0 radical (unpaired) electrons. The van der Waals surface area contributed by atoms with Crippen molar-refractivity contribution >= 4 is 23.8 Å². The highest BCUT2D eigenvalue weighted by atomic mass is 16.6. The summed E-state index contributed by atoms with van der Waals surface area (Å²) in [5.74, 6) is -1.14. The molecule has 3 aromatic rings. The molecule has 1 atom stereocenters. The van der Waals surface area contributed by atoms with Gasteiger partial charge in [-0.05, 0) is 79.6 Å². The molecular weight excluding hydrogens is 496 g/mol. The van der Waals surface area contributed by atoms with Crippen molar-refractivity contribution in [1.82, 2.24) is 5.32 Å². The van der Waals surface area contributed by atoms with Gasteiger partial charge in [-0.15, -0.1) is 0 Å². The van der Waals surface area contributed by atoms with Gasteiger partial charge < -0.3 is 19.9 Å². The summed E-state index contributed by atoms with van der Waals surface area (Å²) in [4.78, 5) is 39.2. The summed E-state index contributed by atoms with van der Waals surface area (Å²) >= 11 is 0. The van der Waals surface area contributed by atoms with E-state index in [1.54, 1.807) is 32.9 Å². The van der Waals surface area contributed by atoms with E-state index in [4.69, 9.17) is 9.47 Å². The van der Waals surface area contributed by atoms with Crippen LogP contribution in [0.2, 0.25) is 0 Å². The molecule has 1 unspecified atom stereocenters. The Morgan fingerprint density at radius 1 is 0.974 bits per heavy atom. The average Bonchev–Trinajstić information content (AvgIpc) is 3.09. The Balaban J connectivity index is 1.39. The quantitative estimate of drug-likeness (QED) is 0.432. The molecule has 2 aliphatic rings. The Morgan fingerprint density at radius 2 is 1.62 bits per heavy atom. The third kappa shape index (κ3) is 5.60. The van der Waals surface area contributed by atoms with Crippen LogP contribution in [0.3, 0.4) is 0 Å². The van der Waals surface area contributed by atoms with E-state index in [1.165, 1.54) is 11.0 Å². The lowest BCUT2D eigenvalue weighted by Crippen LogP contribution is -2.47. The van der Waals surface area contributed by atoms with Gasteiger partial charge in [0.25, 0.3) is 0 Å². The third-order valence-electron chi connectivity index (χ3n) is 7.06. The number of rotatable bonds is 4. The second kappa shape index (κ2) is 10.4. The number of carboxylic acid groups (broad SMARTS) is 1. The molecule has 3 aromatic carbocycles. The van der Waals surface area contributed by atoms with Crippen molar-refractivity contribution in [2.75, 3.05) is 18.1 Å². The summed E-state index contributed by atoms with van der Waals surface area (Å²) in [6.45, 7) is 5.66. The van der Waals surface area contributed by atoms with Gasteiger partial charge in [-0.2, -0.15) is 0 Å². The van der Waals surface area contributed by atoms with E-state index in [1.807, 2.05) is 24.3 Å². The Morgan fingerprint density at radius 3 is 2.23 bits per heavy atom. The Bertz CT molecular complexity index is 1380. The maximum absolute atomic E-state index is 13.6. The predicted octanol–water partition coefficient (Wildman–Crippen LogP) is 5.98. The van der Waals surface area contributed by atoms with Crippen LogP contribution in [0.15, 0.2) is 66.7 Å². The van der Waals surface area contributed by atoms with Gasteiger partial charge in [0.15, 0.2) is 0 Å². The summed E-state index contributed by atoms with van der Waals surface area (Å²) in [6.07, 6.45) is -0.150. The van der Waals surface area contributed by atoms with Gasteiger partial charge in [-0.1, -0.05) is 48.5 Å². The zero-order valence-electron chi connectivity index (χ0n) is 22.3. The van der Waals surface area contributed by atoms with Crippen LogP contribution in [0.5, 0.6) is 0 Å². The number of carboxylic acids is 1. The highest BCUT2D eigenvalue weighted by molar-refractivity contribution is 5.92. The number of aromatic carboxylic acids is 1. The van der Waals surface area contributed by atoms with Gasteiger partial charge in [0.05, 0.1) is 17.3 Å². The topological polar surface area (TPSA) is 105 Å². The van der Waals surface area contributed by atoms with Gasteiger partial charge in [0.2, 0.25) is 0 Å². The minimum atomic E-state index is -1.04. The molecule has 2 N–H and O–H groups in total. The molecule has 8 nitrogen and oxygen atoms in total. The molecule has 0 saturated carbocycles. The second-order valence-corrected chi connectivity index (χ2v) is 10.9. The fourth-order valence-corrected chi connectivity index (χ4v) is 5.36. The molecule has 0 aromatic heterocycles. The molecule has 0 spiro atoms. The average molecular weight is 529 g/mol. The number of nitrogens with one attached hydrogen (secondary N) is 1. The van der Waals surface area contributed by atoms with Gasteiger partial charge >= 0.3 is 18.2 Å². The van der Waals surface area contributed by atoms with Crippen LogP contribution < -0.4 is 10.2 Å². The van der Waals surface area contributed by atoms with Crippen LogP contribution >= 0.6 is 0 Å². The first-order chi connectivity index (χ1) is 18.6. The summed E-state index contributed by atoms with van der Waals surface area (Å²) < 4.78 is 11.4. The standard InChI is InChI=1S/C31H32N2O6/c1-31(2,3)39-29(36)32-21-14-12-19-16-20(28(34)35)13-15-27(19)33(17-21)30(37)38-18-26-24-10-6-4-8-22(24)23-9-5-7-11-25(23)26/h4-11,13,15-16,21,26H,12,14,17-18H2,1-3H3,(H,32,36)(H,34,35). The highest BCUT2D eigenvalue weighted by Crippen LogP contribution is 2.44. The molecule has 1 aliphatic heterocycles. The normalized spacial score (nSPS) is 16.4. The number of carbonyl (C=O) groups excluding carboxylic acids is 2. The van der Waals surface area contributed by atoms with E-state index in [9.17, 15) is 19.5 Å². The lowest BCUT2D eigenvalue weighted by atomic mass is 9.98. The van der Waals surface area contributed by atoms with Crippen molar-refractivity contribution in [3.8, 4) is 11.1 Å². The largest absolute Gasteiger partial charge is 0.478 e. The van der Waals surface area contributed by atoms with Gasteiger partial charge in [-0.3, -0.25) is 4.90 Å². The first kappa shape index (κ1) is 26.3. The van der Waals surface area contributed by atoms with Crippen molar-refractivity contribution in [2.24, 2.45) is 0 Å². The Kier molecular flexibility index (Phi) is 7.04. The molecule has 0 fully saturated rings. The van der Waals surface area contributed by atoms with E-state index in [0.717, 1.165) is 22.3 Å². The molecule has 0 bridgehead atoms. The number of aryl methyl sites for hydroxylation is 1. The number of fused-ring (bicyclic) bond motifs is 4. The molecular formula is C31H32N2O6. The molecule has 202 valence electrons. The minimum Gasteiger partial charge on any atom is -0.478 e. The lowest BCUT2D eigenvalue weighted by molar-refractivity contribution is 0.0502. The van der Waals surface area contributed by atoms with Crippen LogP contribution in [0.1, 0.15) is 60.2 Å². The SMILES string of the molecule is CC(C)(C)OC(=O)NC1CCc2cc(C(=O)O)ccc2N(C(=O)OCC2c3ccccc3-c3ccccc32)C1. The fraction of sp³-hybridized carbons (Fsp3) is 0.323. The summed E-state index contributed by atoms with van der Waals surface area (Å²) in [7, 11) is 0. The van der Waals surface area contributed by atoms with E-state index in [-0.39, 0.29) is 24.6 Å². The number of amides is 2. The number of hydrogen-bond acceptors (Lipinski definition) is 5. The number of nitrogens with zero attached hydrogens (tertiary/aromatic N) is 1. The minimum absolute atomic E-state index is 0.0992. The van der Waals surface area contributed by atoms with Gasteiger partial charge in [-0.25, -0.2) is 14.4 Å². The van der Waals surface area contributed by atoms with E-state index >= 15 is 0 Å². The molecule has 5 rings (SSSR count). The van der Waals surface area contributed by atoms with Crippen molar-refractivity contribution < 1.29 is 29.0 Å². The van der Waals surface area contributed by atoms with Crippen LogP contribution in [-0.2, 0) is 15.9 Å². The number of benzene rings is 3. The number of ether oxygens (including phenoxy) is 2. The number of anilines is 1. The maximum Gasteiger partial charge on any atom is 0.414 e. The van der Waals surface area contributed by atoms with Crippen LogP contribution in [0.25, 0.3) is 11.1 Å². The first-order valence-electron chi connectivity index (χ1n) is 13.1. The number of alkyl carbamates (subject to hydrolysis) is 1. The van der Waals surface area contributed by atoms with Gasteiger partial charge in [0.1, 0.15) is 12.2 Å². The van der Waals surface area contributed by atoms with Crippen molar-refractivity contribution in [2.45, 2.75) is 51.2 Å². The second-order valence-electron chi connectivity index (χ2n) is 10.9. The van der Waals surface area contributed by atoms with Crippen LogP contribution in [0.4, 0.5) is 15.3 Å². The molecule has 1 aliphatic carbocycles. The van der Waals surface area contributed by atoms with Crippen LogP contribution in [-0.4, -0.2) is 48.1 Å². The summed E-state index contributed by atoms with van der Waals surface area (Å²) in [6, 6.07) is 20.5. The monoisotopic (exact) mass is 528 g/mol. The zero-order valence-corrected chi connectivity index (χ0v) is 22.3. The van der Waals surface area contributed by atoms with Crippen molar-refractivity contribution in [3.63, 3.8) is 0 Å². The molecule has 39 heavy (non-hydrogen) atoms. The predicted molar refractivity (Wildman–Crippen MR) is 147 cm³/mol. The van der Waals surface area contributed by atoms with Crippen molar-refractivity contribution in [1.29, 1.82) is 0 Å². The number of carbonyl (C=O) groups is 3. The molecule has 0 saturated heterocycles. The van der Waals surface area contributed by atoms with Crippen LogP contribution in [0, 0.1) is 0 Å². The van der Waals surface area contributed by atoms with E-state index < -0.39 is 29.8 Å². The Labute approximate surface area is 227 Å². The number of hydrogen-bond donors (Lipinski definition) is 2. The smallest absolute Gasteiger partial charge is 0.414 e. The summed E-state index contributed by atoms with van der Waals surface area (Å²) in [5, 5.41) is 12.4. The third-order valence-corrected chi connectivity index (χ3v) is 7.06. The fourth-order valence-electron chi connectivity index (χ4n) is 5.36. The highest BCUT2D eigenvalue weighted by Gasteiger charge is 2.33. The molecule has 8 heteroatoms. The van der Waals surface area contributed by atoms with Gasteiger partial charge in [0, 0.05) is 12.5 Å². The van der Waals surface area contributed by atoms with E-state index in [2.05, 4.69) is 29.6 Å². The summed E-state index contributed by atoms with van der Waals surface area (Å²) in [5.41, 5.74) is 5.24. The zero-order chi connectivity index (χ0) is 27.7. The van der Waals surface area contributed by atoms with E-state index in [0.29, 0.717) is 24.1 Å². The molecule has 2 amide bonds. The Hall–Kier alpha value is -4.33. The lowest BCUT2D eigenvalue weighted by Gasteiger charge is -2.27. The first-order valence-corrected chi connectivity index (χ1v) is 13.1. The van der Waals surface area contributed by atoms with Crippen molar-refractivity contribution in [3.05, 3.63) is 89.0 Å². The maximum atomic E-state index is 13.6.